The van der Waals surface area contributed by atoms with Crippen LogP contribution in [0.1, 0.15) is 25.3 Å². The van der Waals surface area contributed by atoms with Crippen molar-refractivity contribution in [3.8, 4) is 5.75 Å². The molecule has 0 radical (unpaired) electrons. The summed E-state index contributed by atoms with van der Waals surface area (Å²) < 4.78 is 39.1. The number of piperidine rings is 1. The quantitative estimate of drug-likeness (QED) is 0.419. The van der Waals surface area contributed by atoms with Gasteiger partial charge in [-0.3, -0.25) is 0 Å². The molecule has 0 aliphatic carbocycles. The van der Waals surface area contributed by atoms with Gasteiger partial charge in [-0.2, -0.15) is 22.8 Å². The van der Waals surface area contributed by atoms with Gasteiger partial charge in [0.25, 0.3) is 0 Å². The molecule has 0 unspecified atom stereocenters. The van der Waals surface area contributed by atoms with Crippen LogP contribution in [0.2, 0.25) is 0 Å². The van der Waals surface area contributed by atoms with E-state index < -0.39 is 12.1 Å². The molecule has 4 N–H and O–H groups in total. The van der Waals surface area contributed by atoms with E-state index in [9.17, 15) is 13.2 Å². The summed E-state index contributed by atoms with van der Waals surface area (Å²) in [5, 5.41) is 22.1. The Kier molecular flexibility index (Phi) is 8.16. The minimum atomic E-state index is -5.08. The summed E-state index contributed by atoms with van der Waals surface area (Å²) in [7, 11) is 0. The lowest BCUT2D eigenvalue weighted by Gasteiger charge is -2.25. The number of aliphatic carboxylic acids is 1. The van der Waals surface area contributed by atoms with Gasteiger partial charge in [-0.05, 0) is 57.5 Å². The number of carboxylic acid groups (broad SMARTS) is 1. The van der Waals surface area contributed by atoms with E-state index in [4.69, 9.17) is 19.6 Å². The summed E-state index contributed by atoms with van der Waals surface area (Å²) in [5.41, 5.74) is 2.85. The number of anilines is 3. The van der Waals surface area contributed by atoms with E-state index >= 15 is 0 Å². The largest absolute Gasteiger partial charge is 0.494 e. The van der Waals surface area contributed by atoms with Gasteiger partial charge in [0.2, 0.25) is 0 Å². The molecule has 3 aromatic rings. The van der Waals surface area contributed by atoms with Gasteiger partial charge >= 0.3 is 12.1 Å². The van der Waals surface area contributed by atoms with Crippen molar-refractivity contribution in [2.75, 3.05) is 30.3 Å². The SMILES string of the molecule is CCOc1ccc(Nc2c(C)c(N[C@@H]3CCCNC3)nc3ccnn23)cc1.O=C(O)C(F)(F)F. The van der Waals surface area contributed by atoms with Crippen molar-refractivity contribution in [1.82, 2.24) is 19.9 Å². The number of ether oxygens (including phenoxy) is 1. The third-order valence-corrected chi connectivity index (χ3v) is 5.08. The Bertz CT molecular complexity index is 1100. The number of benzene rings is 1. The van der Waals surface area contributed by atoms with Crippen LogP contribution in [-0.2, 0) is 4.79 Å². The molecule has 0 spiro atoms. The average molecular weight is 480 g/mol. The Labute approximate surface area is 194 Å². The van der Waals surface area contributed by atoms with Crippen LogP contribution < -0.4 is 20.7 Å². The van der Waals surface area contributed by atoms with Gasteiger partial charge in [-0.25, -0.2) is 9.78 Å². The molecule has 1 saturated heterocycles. The Morgan fingerprint density at radius 1 is 1.29 bits per heavy atom. The zero-order valence-corrected chi connectivity index (χ0v) is 18.8. The number of nitrogens with one attached hydrogen (secondary N) is 3. The fourth-order valence-corrected chi connectivity index (χ4v) is 3.42. The molecule has 1 fully saturated rings. The van der Waals surface area contributed by atoms with Crippen LogP contribution in [0.5, 0.6) is 5.75 Å². The third kappa shape index (κ3) is 6.50. The minimum absolute atomic E-state index is 0.397. The first-order chi connectivity index (χ1) is 16.2. The molecule has 1 atom stereocenters. The zero-order chi connectivity index (χ0) is 24.7. The molecule has 12 heteroatoms. The van der Waals surface area contributed by atoms with Crippen molar-refractivity contribution in [2.45, 2.75) is 38.9 Å². The van der Waals surface area contributed by atoms with Crippen LogP contribution in [-0.4, -0.2) is 57.6 Å². The summed E-state index contributed by atoms with van der Waals surface area (Å²) in [5.74, 6) is -0.0658. The van der Waals surface area contributed by atoms with E-state index in [2.05, 4.69) is 28.0 Å². The molecule has 2 aromatic heterocycles. The van der Waals surface area contributed by atoms with Crippen LogP contribution in [0.15, 0.2) is 36.5 Å². The number of halogens is 3. The van der Waals surface area contributed by atoms with E-state index in [1.165, 1.54) is 6.42 Å². The van der Waals surface area contributed by atoms with Crippen molar-refractivity contribution in [2.24, 2.45) is 0 Å². The average Bonchev–Trinajstić information content (AvgIpc) is 3.27. The molecule has 0 saturated carbocycles. The highest BCUT2D eigenvalue weighted by Gasteiger charge is 2.38. The number of nitrogens with zero attached hydrogens (tertiary/aromatic N) is 3. The first kappa shape index (κ1) is 25.1. The normalized spacial score (nSPS) is 15.9. The van der Waals surface area contributed by atoms with E-state index in [1.807, 2.05) is 41.8 Å². The number of aromatic nitrogens is 3. The molecule has 0 bridgehead atoms. The molecular formula is C22H27F3N6O3. The second-order valence-corrected chi connectivity index (χ2v) is 7.61. The lowest BCUT2D eigenvalue weighted by atomic mass is 10.1. The maximum atomic E-state index is 10.6. The number of hydrogen-bond acceptors (Lipinski definition) is 7. The van der Waals surface area contributed by atoms with Gasteiger partial charge in [0, 0.05) is 29.9 Å². The van der Waals surface area contributed by atoms with Crippen LogP contribution in [0.3, 0.4) is 0 Å². The predicted octanol–water partition coefficient (Wildman–Crippen LogP) is 3.98. The number of hydrogen-bond donors (Lipinski definition) is 4. The van der Waals surface area contributed by atoms with Crippen LogP contribution in [0, 0.1) is 6.92 Å². The molecule has 1 aliphatic rings. The third-order valence-electron chi connectivity index (χ3n) is 5.08. The summed E-state index contributed by atoms with van der Waals surface area (Å²) in [6, 6.07) is 10.3. The maximum Gasteiger partial charge on any atom is 0.490 e. The second-order valence-electron chi connectivity index (χ2n) is 7.61. The highest BCUT2D eigenvalue weighted by Crippen LogP contribution is 2.28. The number of fused-ring (bicyclic) bond motifs is 1. The fourth-order valence-electron chi connectivity index (χ4n) is 3.42. The first-order valence-corrected chi connectivity index (χ1v) is 10.8. The van der Waals surface area contributed by atoms with Crippen molar-refractivity contribution in [3.05, 3.63) is 42.1 Å². The molecule has 34 heavy (non-hydrogen) atoms. The Morgan fingerprint density at radius 3 is 2.59 bits per heavy atom. The fraction of sp³-hybridized carbons (Fsp3) is 0.409. The smallest absolute Gasteiger partial charge is 0.490 e. The van der Waals surface area contributed by atoms with E-state index in [0.717, 1.165) is 53.8 Å². The number of rotatable bonds is 6. The zero-order valence-electron chi connectivity index (χ0n) is 18.8. The first-order valence-electron chi connectivity index (χ1n) is 10.8. The summed E-state index contributed by atoms with van der Waals surface area (Å²) in [6.07, 6.45) is -0.972. The monoisotopic (exact) mass is 480 g/mol. The van der Waals surface area contributed by atoms with Crippen molar-refractivity contribution >= 4 is 28.9 Å². The summed E-state index contributed by atoms with van der Waals surface area (Å²) >= 11 is 0. The lowest BCUT2D eigenvalue weighted by Crippen LogP contribution is -2.38. The molecule has 1 aliphatic heterocycles. The van der Waals surface area contributed by atoms with Gasteiger partial charge < -0.3 is 25.8 Å². The van der Waals surface area contributed by atoms with Crippen molar-refractivity contribution in [3.63, 3.8) is 0 Å². The standard InChI is InChI=1S/C20H26N6O.C2HF3O2/c1-3-27-17-8-6-15(7-9-17)24-20-14(2)19(23-16-5-4-11-21-13-16)25-18-10-12-22-26(18)20;3-2(4,5)1(6)7/h6-10,12,16,21,24H,3-5,11,13H2,1-2H3,(H,23,25);(H,6,7)/t16-;/m1./s1. The van der Waals surface area contributed by atoms with E-state index in [0.29, 0.717) is 12.6 Å². The van der Waals surface area contributed by atoms with Crippen molar-refractivity contribution < 1.29 is 27.8 Å². The Hall–Kier alpha value is -3.54. The molecule has 3 heterocycles. The second kappa shape index (κ2) is 11.1. The van der Waals surface area contributed by atoms with Gasteiger partial charge in [-0.15, -0.1) is 0 Å². The van der Waals surface area contributed by atoms with Crippen LogP contribution >= 0.6 is 0 Å². The van der Waals surface area contributed by atoms with Gasteiger partial charge in [0.1, 0.15) is 17.4 Å². The molecule has 184 valence electrons. The molecule has 0 amide bonds. The molecule has 1 aromatic carbocycles. The van der Waals surface area contributed by atoms with Crippen LogP contribution in [0.25, 0.3) is 5.65 Å². The highest BCUT2D eigenvalue weighted by atomic mass is 19.4. The number of carbonyl (C=O) groups is 1. The van der Waals surface area contributed by atoms with Gasteiger partial charge in [0.15, 0.2) is 5.65 Å². The number of carboxylic acids is 1. The molecule has 4 rings (SSSR count). The summed E-state index contributed by atoms with van der Waals surface area (Å²) in [4.78, 5) is 13.7. The topological polar surface area (TPSA) is 113 Å². The predicted molar refractivity (Wildman–Crippen MR) is 122 cm³/mol. The molecule has 9 nitrogen and oxygen atoms in total. The number of alkyl halides is 3. The van der Waals surface area contributed by atoms with E-state index in [-0.39, 0.29) is 0 Å². The minimum Gasteiger partial charge on any atom is -0.494 e. The summed E-state index contributed by atoms with van der Waals surface area (Å²) in [6.45, 7) is 6.78. The molecular weight excluding hydrogens is 453 g/mol. The van der Waals surface area contributed by atoms with Gasteiger partial charge in [0.05, 0.1) is 12.8 Å². The van der Waals surface area contributed by atoms with Crippen molar-refractivity contribution in [1.29, 1.82) is 0 Å². The van der Waals surface area contributed by atoms with E-state index in [1.54, 1.807) is 6.20 Å². The lowest BCUT2D eigenvalue weighted by molar-refractivity contribution is -0.192. The Balaban J connectivity index is 0.000000406. The van der Waals surface area contributed by atoms with Crippen LogP contribution in [0.4, 0.5) is 30.5 Å². The van der Waals surface area contributed by atoms with Gasteiger partial charge in [-0.1, -0.05) is 0 Å². The maximum absolute atomic E-state index is 10.6. The highest BCUT2D eigenvalue weighted by molar-refractivity contribution is 5.73. The Morgan fingerprint density at radius 2 is 2.00 bits per heavy atom.